The normalized spacial score (nSPS) is 30.1. The van der Waals surface area contributed by atoms with E-state index in [0.29, 0.717) is 6.42 Å². The number of piperidine rings is 1. The first kappa shape index (κ1) is 10.5. The van der Waals surface area contributed by atoms with Crippen LogP contribution in [0, 0.1) is 0 Å². The second-order valence-corrected chi connectivity index (χ2v) is 3.74. The van der Waals surface area contributed by atoms with Crippen molar-refractivity contribution in [3.05, 3.63) is 0 Å². The summed E-state index contributed by atoms with van der Waals surface area (Å²) in [5.74, 6) is 0.102. The Morgan fingerprint density at radius 2 is 2.38 bits per heavy atom. The van der Waals surface area contributed by atoms with Crippen molar-refractivity contribution < 1.29 is 4.79 Å². The molecule has 4 heteroatoms. The van der Waals surface area contributed by atoms with E-state index in [0.717, 1.165) is 19.5 Å². The fourth-order valence-electron chi connectivity index (χ4n) is 1.64. The summed E-state index contributed by atoms with van der Waals surface area (Å²) in [5.41, 5.74) is 5.92. The van der Waals surface area contributed by atoms with E-state index in [1.165, 1.54) is 0 Å². The third kappa shape index (κ3) is 2.97. The molecule has 3 N–H and O–H groups in total. The first-order chi connectivity index (χ1) is 6.13. The predicted octanol–water partition coefficient (Wildman–Crippen LogP) is -0.456. The fraction of sp³-hybridized carbons (Fsp3) is 0.889. The molecule has 76 valence electrons. The maximum atomic E-state index is 11.1. The molecule has 1 aliphatic heterocycles. The average Bonchev–Trinajstić information content (AvgIpc) is 2.09. The lowest BCUT2D eigenvalue weighted by Crippen LogP contribution is -2.56. The van der Waals surface area contributed by atoms with Crippen molar-refractivity contribution in [1.82, 2.24) is 10.2 Å². The zero-order valence-corrected chi connectivity index (χ0v) is 8.42. The fourth-order valence-corrected chi connectivity index (χ4v) is 1.64. The molecule has 1 rings (SSSR count). The van der Waals surface area contributed by atoms with Gasteiger partial charge in [-0.1, -0.05) is 6.92 Å². The first-order valence-corrected chi connectivity index (χ1v) is 4.87. The Morgan fingerprint density at radius 1 is 1.69 bits per heavy atom. The molecule has 2 atom stereocenters. The molecular weight excluding hydrogens is 166 g/mol. The SMILES string of the molecule is CCC(=O)NC1CCN(C)CC1N. The van der Waals surface area contributed by atoms with Crippen LogP contribution in [0.25, 0.3) is 0 Å². The van der Waals surface area contributed by atoms with E-state index in [9.17, 15) is 4.79 Å². The zero-order valence-electron chi connectivity index (χ0n) is 8.42. The van der Waals surface area contributed by atoms with Crippen LogP contribution < -0.4 is 11.1 Å². The lowest BCUT2D eigenvalue weighted by Gasteiger charge is -2.34. The summed E-state index contributed by atoms with van der Waals surface area (Å²) in [6.45, 7) is 3.74. The van der Waals surface area contributed by atoms with Crippen LogP contribution in [0.15, 0.2) is 0 Å². The lowest BCUT2D eigenvalue weighted by molar-refractivity contribution is -0.121. The molecule has 0 spiro atoms. The Labute approximate surface area is 79.5 Å². The number of nitrogens with zero attached hydrogens (tertiary/aromatic N) is 1. The molecule has 1 aliphatic rings. The van der Waals surface area contributed by atoms with Gasteiger partial charge in [0.2, 0.25) is 5.91 Å². The number of nitrogens with two attached hydrogens (primary N) is 1. The van der Waals surface area contributed by atoms with Crippen LogP contribution in [0.1, 0.15) is 19.8 Å². The number of likely N-dealkylation sites (N-methyl/N-ethyl adjacent to an activating group) is 1. The number of rotatable bonds is 2. The molecule has 1 amide bonds. The van der Waals surface area contributed by atoms with Gasteiger partial charge in [-0.15, -0.1) is 0 Å². The molecule has 2 unspecified atom stereocenters. The van der Waals surface area contributed by atoms with Gasteiger partial charge in [0, 0.05) is 25.0 Å². The highest BCUT2D eigenvalue weighted by atomic mass is 16.1. The third-order valence-electron chi connectivity index (χ3n) is 2.53. The molecule has 0 aliphatic carbocycles. The van der Waals surface area contributed by atoms with Crippen molar-refractivity contribution in [3.8, 4) is 0 Å². The molecule has 0 bridgehead atoms. The van der Waals surface area contributed by atoms with Crippen molar-refractivity contribution in [1.29, 1.82) is 0 Å². The summed E-state index contributed by atoms with van der Waals surface area (Å²) in [4.78, 5) is 13.3. The molecular formula is C9H19N3O. The van der Waals surface area contributed by atoms with Gasteiger partial charge < -0.3 is 16.0 Å². The van der Waals surface area contributed by atoms with Gasteiger partial charge in [0.1, 0.15) is 0 Å². The van der Waals surface area contributed by atoms with Crippen LogP contribution in [0.4, 0.5) is 0 Å². The van der Waals surface area contributed by atoms with E-state index in [-0.39, 0.29) is 18.0 Å². The van der Waals surface area contributed by atoms with Crippen LogP contribution in [0.5, 0.6) is 0 Å². The van der Waals surface area contributed by atoms with Gasteiger partial charge in [0.15, 0.2) is 0 Å². The van der Waals surface area contributed by atoms with Crippen molar-refractivity contribution in [2.24, 2.45) is 5.73 Å². The van der Waals surface area contributed by atoms with E-state index in [1.807, 2.05) is 6.92 Å². The number of hydrogen-bond donors (Lipinski definition) is 2. The predicted molar refractivity (Wildman–Crippen MR) is 52.3 cm³/mol. The number of amides is 1. The second kappa shape index (κ2) is 4.58. The number of carbonyl (C=O) groups is 1. The quantitative estimate of drug-likeness (QED) is 0.612. The highest BCUT2D eigenvalue weighted by Crippen LogP contribution is 2.07. The van der Waals surface area contributed by atoms with Crippen LogP contribution in [-0.4, -0.2) is 43.0 Å². The summed E-state index contributed by atoms with van der Waals surface area (Å²) in [6, 6.07) is 0.248. The molecule has 0 saturated carbocycles. The van der Waals surface area contributed by atoms with Gasteiger partial charge >= 0.3 is 0 Å². The van der Waals surface area contributed by atoms with Gasteiger partial charge in [-0.2, -0.15) is 0 Å². The van der Waals surface area contributed by atoms with Crippen molar-refractivity contribution in [2.75, 3.05) is 20.1 Å². The van der Waals surface area contributed by atoms with Crippen molar-refractivity contribution in [2.45, 2.75) is 31.8 Å². The molecule has 13 heavy (non-hydrogen) atoms. The van der Waals surface area contributed by atoms with E-state index in [1.54, 1.807) is 0 Å². The highest BCUT2D eigenvalue weighted by molar-refractivity contribution is 5.75. The molecule has 1 fully saturated rings. The van der Waals surface area contributed by atoms with E-state index >= 15 is 0 Å². The van der Waals surface area contributed by atoms with Crippen LogP contribution in [0.2, 0.25) is 0 Å². The molecule has 1 heterocycles. The van der Waals surface area contributed by atoms with Gasteiger partial charge in [-0.3, -0.25) is 4.79 Å². The second-order valence-electron chi connectivity index (χ2n) is 3.74. The van der Waals surface area contributed by atoms with E-state index in [2.05, 4.69) is 17.3 Å². The van der Waals surface area contributed by atoms with Gasteiger partial charge in [0.25, 0.3) is 0 Å². The minimum atomic E-state index is 0.0780. The van der Waals surface area contributed by atoms with Gasteiger partial charge in [-0.25, -0.2) is 0 Å². The molecule has 0 aromatic carbocycles. The molecule has 4 nitrogen and oxygen atoms in total. The van der Waals surface area contributed by atoms with Crippen LogP contribution in [0.3, 0.4) is 0 Å². The monoisotopic (exact) mass is 185 g/mol. The lowest BCUT2D eigenvalue weighted by atomic mass is 10.0. The Kier molecular flexibility index (Phi) is 3.69. The Morgan fingerprint density at radius 3 is 2.92 bits per heavy atom. The minimum absolute atomic E-state index is 0.0780. The zero-order chi connectivity index (χ0) is 9.84. The number of likely N-dealkylation sites (tertiary alicyclic amines) is 1. The highest BCUT2D eigenvalue weighted by Gasteiger charge is 2.25. The maximum absolute atomic E-state index is 11.1. The molecule has 0 aromatic heterocycles. The molecule has 1 saturated heterocycles. The average molecular weight is 185 g/mol. The van der Waals surface area contributed by atoms with Gasteiger partial charge in [0.05, 0.1) is 0 Å². The Bertz CT molecular complexity index is 184. The number of carbonyl (C=O) groups excluding carboxylic acids is 1. The summed E-state index contributed by atoms with van der Waals surface area (Å²) >= 11 is 0. The standard InChI is InChI=1S/C9H19N3O/c1-3-9(13)11-8-4-5-12(2)6-7(8)10/h7-8H,3-6,10H2,1-2H3,(H,11,13). The summed E-state index contributed by atoms with van der Waals surface area (Å²) in [6.07, 6.45) is 1.50. The minimum Gasteiger partial charge on any atom is -0.352 e. The van der Waals surface area contributed by atoms with Crippen molar-refractivity contribution >= 4 is 5.91 Å². The van der Waals surface area contributed by atoms with Crippen molar-refractivity contribution in [3.63, 3.8) is 0 Å². The third-order valence-corrected chi connectivity index (χ3v) is 2.53. The van der Waals surface area contributed by atoms with Gasteiger partial charge in [-0.05, 0) is 20.0 Å². The van der Waals surface area contributed by atoms with E-state index < -0.39 is 0 Å². The van der Waals surface area contributed by atoms with E-state index in [4.69, 9.17) is 5.73 Å². The first-order valence-electron chi connectivity index (χ1n) is 4.87. The Balaban J connectivity index is 2.38. The Hall–Kier alpha value is -0.610. The summed E-state index contributed by atoms with van der Waals surface area (Å²) in [5, 5.41) is 2.95. The maximum Gasteiger partial charge on any atom is 0.219 e. The van der Waals surface area contributed by atoms with Crippen LogP contribution >= 0.6 is 0 Å². The number of hydrogen-bond acceptors (Lipinski definition) is 3. The summed E-state index contributed by atoms with van der Waals surface area (Å²) in [7, 11) is 2.05. The molecule has 0 aromatic rings. The molecule has 0 radical (unpaired) electrons. The largest absolute Gasteiger partial charge is 0.352 e. The summed E-state index contributed by atoms with van der Waals surface area (Å²) < 4.78 is 0. The topological polar surface area (TPSA) is 58.4 Å². The number of nitrogens with one attached hydrogen (secondary N) is 1. The van der Waals surface area contributed by atoms with Crippen LogP contribution in [-0.2, 0) is 4.79 Å². The smallest absolute Gasteiger partial charge is 0.219 e.